The fourth-order valence-electron chi connectivity index (χ4n) is 2.98. The van der Waals surface area contributed by atoms with Crippen LogP contribution >= 0.6 is 0 Å². The van der Waals surface area contributed by atoms with Crippen molar-refractivity contribution < 1.29 is 23.0 Å². The van der Waals surface area contributed by atoms with Gasteiger partial charge in [-0.3, -0.25) is 9.00 Å². The average molecular weight is 387 g/mol. The molecule has 1 aromatic heterocycles. The van der Waals surface area contributed by atoms with Gasteiger partial charge < -0.3 is 19.3 Å². The van der Waals surface area contributed by atoms with Crippen LogP contribution in [-0.4, -0.2) is 58.1 Å². The van der Waals surface area contributed by atoms with Crippen LogP contribution in [0.2, 0.25) is 0 Å². The smallest absolute Gasteiger partial charge is 0.243 e. The molecule has 1 aliphatic rings. The van der Waals surface area contributed by atoms with Crippen LogP contribution in [0.25, 0.3) is 0 Å². The molecule has 148 valence electrons. The molecule has 1 atom stereocenters. The summed E-state index contributed by atoms with van der Waals surface area (Å²) in [5.74, 6) is 4.47. The zero-order chi connectivity index (χ0) is 19.6. The standard InChI is InChI=1S/C18H30N2O5S/c1-17(2,12-23-5)14-11-15(20-25-14)19-16(21)18(3,4)26(6,22)13-7-9-24-10-8-13/h11,13H,6-10,12H2,1-5H3,(H,19,20,21). The first-order chi connectivity index (χ1) is 12.0. The zero-order valence-corrected chi connectivity index (χ0v) is 17.1. The van der Waals surface area contributed by atoms with E-state index < -0.39 is 14.3 Å². The summed E-state index contributed by atoms with van der Waals surface area (Å²) >= 11 is 0. The molecule has 0 spiro atoms. The lowest BCUT2D eigenvalue weighted by Gasteiger charge is -2.35. The van der Waals surface area contributed by atoms with Gasteiger partial charge in [0.25, 0.3) is 0 Å². The number of carbonyl (C=O) groups is 1. The third-order valence-corrected chi connectivity index (χ3v) is 8.50. The highest BCUT2D eigenvalue weighted by Crippen LogP contribution is 2.30. The molecule has 0 aromatic carbocycles. The summed E-state index contributed by atoms with van der Waals surface area (Å²) in [7, 11) is -1.07. The van der Waals surface area contributed by atoms with Crippen molar-refractivity contribution in [2.45, 2.75) is 55.9 Å². The molecule has 0 bridgehead atoms. The lowest BCUT2D eigenvalue weighted by Crippen LogP contribution is -2.50. The van der Waals surface area contributed by atoms with E-state index in [-0.39, 0.29) is 16.6 Å². The number of amides is 1. The molecular weight excluding hydrogens is 356 g/mol. The van der Waals surface area contributed by atoms with Gasteiger partial charge in [-0.25, -0.2) is 0 Å². The SMILES string of the molecule is C=S(=O)(C1CCOCC1)C(C)(C)C(=O)Nc1cc(C(C)(C)COC)on1. The van der Waals surface area contributed by atoms with Crippen molar-refractivity contribution in [3.63, 3.8) is 0 Å². The molecule has 1 saturated heterocycles. The molecule has 7 nitrogen and oxygen atoms in total. The van der Waals surface area contributed by atoms with Crippen molar-refractivity contribution in [1.29, 1.82) is 0 Å². The number of nitrogens with zero attached hydrogens (tertiary/aromatic N) is 1. The van der Waals surface area contributed by atoms with E-state index in [2.05, 4.69) is 16.3 Å². The van der Waals surface area contributed by atoms with Crippen molar-refractivity contribution in [3.8, 4) is 0 Å². The van der Waals surface area contributed by atoms with E-state index in [1.807, 2.05) is 13.8 Å². The Morgan fingerprint density at radius 2 is 2.00 bits per heavy atom. The second-order valence-corrected chi connectivity index (χ2v) is 11.0. The average Bonchev–Trinajstić information content (AvgIpc) is 3.05. The number of carbonyl (C=O) groups excluding carboxylic acids is 1. The predicted molar refractivity (Wildman–Crippen MR) is 103 cm³/mol. The van der Waals surface area contributed by atoms with E-state index in [9.17, 15) is 9.00 Å². The Balaban J connectivity index is 2.14. The Morgan fingerprint density at radius 1 is 1.38 bits per heavy atom. The van der Waals surface area contributed by atoms with Gasteiger partial charge in [-0.15, -0.1) is 0 Å². The minimum atomic E-state index is -2.68. The monoisotopic (exact) mass is 386 g/mol. The molecule has 1 amide bonds. The van der Waals surface area contributed by atoms with Gasteiger partial charge in [0, 0.05) is 37.1 Å². The van der Waals surface area contributed by atoms with Crippen LogP contribution in [0.1, 0.15) is 46.3 Å². The van der Waals surface area contributed by atoms with Gasteiger partial charge in [0.2, 0.25) is 5.91 Å². The number of hydrogen-bond acceptors (Lipinski definition) is 6. The Bertz CT molecular complexity index is 731. The van der Waals surface area contributed by atoms with Gasteiger partial charge in [0.15, 0.2) is 5.82 Å². The summed E-state index contributed by atoms with van der Waals surface area (Å²) in [6, 6.07) is 1.67. The summed E-state index contributed by atoms with van der Waals surface area (Å²) in [4.78, 5) is 12.8. The van der Waals surface area contributed by atoms with Gasteiger partial charge in [-0.05, 0) is 42.1 Å². The van der Waals surface area contributed by atoms with Gasteiger partial charge >= 0.3 is 0 Å². The largest absolute Gasteiger partial charge is 0.384 e. The Labute approximate surface area is 155 Å². The summed E-state index contributed by atoms with van der Waals surface area (Å²) in [5.41, 5.74) is -0.373. The molecule has 1 aromatic rings. The number of hydrogen-bond donors (Lipinski definition) is 1. The van der Waals surface area contributed by atoms with E-state index in [1.165, 1.54) is 0 Å². The fourth-order valence-corrected chi connectivity index (χ4v) is 5.13. The van der Waals surface area contributed by atoms with Crippen LogP contribution in [0.15, 0.2) is 10.6 Å². The van der Waals surface area contributed by atoms with Gasteiger partial charge in [0.1, 0.15) is 10.5 Å². The van der Waals surface area contributed by atoms with Gasteiger partial charge in [-0.2, -0.15) is 0 Å². The molecule has 1 N–H and O–H groups in total. The van der Waals surface area contributed by atoms with Crippen LogP contribution in [0.3, 0.4) is 0 Å². The fraction of sp³-hybridized carbons (Fsp3) is 0.722. The maximum Gasteiger partial charge on any atom is 0.243 e. The predicted octanol–water partition coefficient (Wildman–Crippen LogP) is 2.21. The molecule has 1 unspecified atom stereocenters. The van der Waals surface area contributed by atoms with Crippen LogP contribution in [0, 0.1) is 0 Å². The first-order valence-electron chi connectivity index (χ1n) is 8.73. The van der Waals surface area contributed by atoms with E-state index in [4.69, 9.17) is 14.0 Å². The molecule has 1 fully saturated rings. The summed E-state index contributed by atoms with van der Waals surface area (Å²) in [6.07, 6.45) is 1.30. The van der Waals surface area contributed by atoms with Crippen molar-refractivity contribution in [3.05, 3.63) is 11.8 Å². The van der Waals surface area contributed by atoms with Crippen molar-refractivity contribution in [1.82, 2.24) is 5.16 Å². The quantitative estimate of drug-likeness (QED) is 0.723. The molecule has 0 aliphatic carbocycles. The maximum absolute atomic E-state index is 13.4. The van der Waals surface area contributed by atoms with E-state index in [0.717, 1.165) is 0 Å². The van der Waals surface area contributed by atoms with Crippen molar-refractivity contribution >= 4 is 27.1 Å². The second kappa shape index (κ2) is 7.70. The van der Waals surface area contributed by atoms with Gasteiger partial charge in [0.05, 0.1) is 6.61 Å². The molecule has 1 aliphatic heterocycles. The molecule has 0 radical (unpaired) electrons. The van der Waals surface area contributed by atoms with Crippen LogP contribution in [-0.2, 0) is 29.2 Å². The van der Waals surface area contributed by atoms with E-state index >= 15 is 0 Å². The highest BCUT2D eigenvalue weighted by molar-refractivity contribution is 8.02. The number of ether oxygens (including phenoxy) is 2. The molecular formula is C18H30N2O5S. The van der Waals surface area contributed by atoms with Crippen LogP contribution in [0.5, 0.6) is 0 Å². The molecule has 0 saturated carbocycles. The molecule has 2 rings (SSSR count). The first-order valence-corrected chi connectivity index (χ1v) is 10.5. The molecule has 26 heavy (non-hydrogen) atoms. The maximum atomic E-state index is 13.4. The molecule has 8 heteroatoms. The minimum Gasteiger partial charge on any atom is -0.384 e. The topological polar surface area (TPSA) is 90.7 Å². The van der Waals surface area contributed by atoms with E-state index in [0.29, 0.717) is 44.2 Å². The Kier molecular flexibility index (Phi) is 6.20. The summed E-state index contributed by atoms with van der Waals surface area (Å²) in [5, 5.41) is 6.51. The number of aromatic nitrogens is 1. The Morgan fingerprint density at radius 3 is 2.58 bits per heavy atom. The second-order valence-electron chi connectivity index (χ2n) is 7.90. The summed E-state index contributed by atoms with van der Waals surface area (Å²) in [6.45, 7) is 8.82. The number of nitrogens with one attached hydrogen (secondary N) is 1. The molecule has 2 heterocycles. The van der Waals surface area contributed by atoms with Crippen molar-refractivity contribution in [2.75, 3.05) is 32.2 Å². The lowest BCUT2D eigenvalue weighted by molar-refractivity contribution is -0.117. The number of rotatable bonds is 7. The van der Waals surface area contributed by atoms with Crippen LogP contribution in [0.4, 0.5) is 5.82 Å². The van der Waals surface area contributed by atoms with Gasteiger partial charge in [-0.1, -0.05) is 19.0 Å². The number of methoxy groups -OCH3 is 1. The first kappa shape index (κ1) is 20.9. The number of anilines is 1. The third-order valence-electron chi connectivity index (χ3n) is 5.04. The minimum absolute atomic E-state index is 0.134. The highest BCUT2D eigenvalue weighted by atomic mass is 32.2. The van der Waals surface area contributed by atoms with Crippen LogP contribution < -0.4 is 5.32 Å². The normalized spacial score (nSPS) is 19.1. The third kappa shape index (κ3) is 4.13. The highest BCUT2D eigenvalue weighted by Gasteiger charge is 2.42. The van der Waals surface area contributed by atoms with Crippen molar-refractivity contribution in [2.24, 2.45) is 0 Å². The van der Waals surface area contributed by atoms with E-state index in [1.54, 1.807) is 27.0 Å². The lowest BCUT2D eigenvalue weighted by atomic mass is 9.91. The summed E-state index contributed by atoms with van der Waals surface area (Å²) < 4.78 is 28.1. The Hall–Kier alpha value is -1.38. The zero-order valence-electron chi connectivity index (χ0n) is 16.3.